The maximum Gasteiger partial charge on any atom is 0.311 e. The number of carboxylic acid groups (broad SMARTS) is 1. The van der Waals surface area contributed by atoms with Gasteiger partial charge in [-0.25, -0.2) is 4.98 Å². The van der Waals surface area contributed by atoms with E-state index >= 15 is 0 Å². The van der Waals surface area contributed by atoms with Gasteiger partial charge in [-0.2, -0.15) is 0 Å². The Morgan fingerprint density at radius 2 is 2.46 bits per heavy atom. The highest BCUT2D eigenvalue weighted by Crippen LogP contribution is 2.08. The van der Waals surface area contributed by atoms with E-state index in [9.17, 15) is 4.79 Å². The predicted octanol–water partition coefficient (Wildman–Crippen LogP) is -0.805. The van der Waals surface area contributed by atoms with E-state index in [0.29, 0.717) is 0 Å². The van der Waals surface area contributed by atoms with Gasteiger partial charge in [-0.05, 0) is 0 Å². The monoisotopic (exact) mass is 186 g/mol. The number of rotatable bonds is 4. The summed E-state index contributed by atoms with van der Waals surface area (Å²) >= 11 is 0. The van der Waals surface area contributed by atoms with E-state index in [-0.39, 0.29) is 12.3 Å². The zero-order valence-corrected chi connectivity index (χ0v) is 6.75. The number of aliphatic carboxylic acids is 1. The lowest BCUT2D eigenvalue weighted by Gasteiger charge is -2.12. The van der Waals surface area contributed by atoms with Crippen LogP contribution in [0.2, 0.25) is 0 Å². The van der Waals surface area contributed by atoms with Gasteiger partial charge < -0.3 is 20.4 Å². The first-order chi connectivity index (χ1) is 6.11. The molecule has 1 heterocycles. The minimum Gasteiger partial charge on any atom is -0.481 e. The number of hydrogen-bond acceptors (Lipinski definition) is 5. The number of nitrogens with zero attached hydrogens (tertiary/aromatic N) is 1. The van der Waals surface area contributed by atoms with Crippen LogP contribution in [0, 0.1) is 5.92 Å². The molecule has 1 aromatic rings. The highest BCUT2D eigenvalue weighted by Gasteiger charge is 2.25. The zero-order chi connectivity index (χ0) is 9.84. The quantitative estimate of drug-likeness (QED) is 0.531. The predicted molar refractivity (Wildman–Crippen MR) is 41.5 cm³/mol. The van der Waals surface area contributed by atoms with Crippen LogP contribution in [0.1, 0.15) is 5.89 Å². The largest absolute Gasteiger partial charge is 0.481 e. The molecule has 2 atom stereocenters. The molecule has 13 heavy (non-hydrogen) atoms. The van der Waals surface area contributed by atoms with Crippen LogP contribution in [-0.2, 0) is 11.2 Å². The molecule has 0 fully saturated rings. The second-order valence-electron chi connectivity index (χ2n) is 2.57. The average Bonchev–Trinajstić information content (AvgIpc) is 2.50. The zero-order valence-electron chi connectivity index (χ0n) is 6.75. The van der Waals surface area contributed by atoms with Gasteiger partial charge in [0.05, 0.1) is 6.20 Å². The normalized spacial score (nSPS) is 15.2. The van der Waals surface area contributed by atoms with Crippen LogP contribution in [0.4, 0.5) is 0 Å². The van der Waals surface area contributed by atoms with Crippen LogP contribution in [0.5, 0.6) is 0 Å². The van der Waals surface area contributed by atoms with Gasteiger partial charge in [0, 0.05) is 6.42 Å². The third-order valence-corrected chi connectivity index (χ3v) is 1.61. The minimum atomic E-state index is -1.41. The molecule has 0 aliphatic rings. The summed E-state index contributed by atoms with van der Waals surface area (Å²) in [6, 6.07) is 0. The number of carbonyl (C=O) groups is 1. The maximum absolute atomic E-state index is 10.6. The van der Waals surface area contributed by atoms with Gasteiger partial charge in [0.2, 0.25) is 0 Å². The van der Waals surface area contributed by atoms with Crippen LogP contribution in [-0.4, -0.2) is 27.4 Å². The molecule has 0 aromatic carbocycles. The molecule has 0 saturated heterocycles. The number of oxazole rings is 1. The summed E-state index contributed by atoms with van der Waals surface area (Å²) in [5.74, 6) is -2.01. The van der Waals surface area contributed by atoms with Gasteiger partial charge in [0.1, 0.15) is 18.4 Å². The van der Waals surface area contributed by atoms with Crippen LogP contribution >= 0.6 is 0 Å². The molecule has 0 spiro atoms. The fraction of sp³-hybridized carbons (Fsp3) is 0.429. The van der Waals surface area contributed by atoms with Crippen LogP contribution in [0.3, 0.4) is 0 Å². The highest BCUT2D eigenvalue weighted by molar-refractivity contribution is 5.70. The molecule has 0 saturated carbocycles. The van der Waals surface area contributed by atoms with Gasteiger partial charge in [0.15, 0.2) is 5.89 Å². The summed E-state index contributed by atoms with van der Waals surface area (Å²) in [6.45, 7) is 0. The minimum absolute atomic E-state index is 0.0139. The fourth-order valence-electron chi connectivity index (χ4n) is 0.896. The third-order valence-electron chi connectivity index (χ3n) is 1.61. The van der Waals surface area contributed by atoms with Crippen LogP contribution < -0.4 is 5.73 Å². The van der Waals surface area contributed by atoms with Crippen molar-refractivity contribution in [3.63, 3.8) is 0 Å². The van der Waals surface area contributed by atoms with Crippen molar-refractivity contribution in [2.24, 2.45) is 11.7 Å². The number of hydrogen-bond donors (Lipinski definition) is 3. The first-order valence-corrected chi connectivity index (χ1v) is 3.66. The summed E-state index contributed by atoms with van der Waals surface area (Å²) in [6.07, 6.45) is 1.30. The molecule has 0 bridgehead atoms. The summed E-state index contributed by atoms with van der Waals surface area (Å²) in [4.78, 5) is 14.3. The Morgan fingerprint density at radius 1 is 1.77 bits per heavy atom. The maximum atomic E-state index is 10.6. The van der Waals surface area contributed by atoms with E-state index in [1.54, 1.807) is 0 Å². The van der Waals surface area contributed by atoms with Gasteiger partial charge in [-0.3, -0.25) is 4.79 Å². The van der Waals surface area contributed by atoms with E-state index in [1.807, 2.05) is 0 Å². The summed E-state index contributed by atoms with van der Waals surface area (Å²) in [5.41, 5.74) is 5.06. The van der Waals surface area contributed by atoms with E-state index in [2.05, 4.69) is 4.98 Å². The molecule has 0 radical (unpaired) electrons. The van der Waals surface area contributed by atoms with Crippen molar-refractivity contribution >= 4 is 5.97 Å². The molecular weight excluding hydrogens is 176 g/mol. The molecule has 1 rings (SSSR count). The molecule has 4 N–H and O–H groups in total. The Kier molecular flexibility index (Phi) is 2.99. The first kappa shape index (κ1) is 9.69. The summed E-state index contributed by atoms with van der Waals surface area (Å²) in [7, 11) is 0. The first-order valence-electron chi connectivity index (χ1n) is 3.66. The van der Waals surface area contributed by atoms with E-state index in [0.717, 1.165) is 0 Å². The number of aromatic nitrogens is 1. The van der Waals surface area contributed by atoms with E-state index in [1.165, 1.54) is 12.5 Å². The average molecular weight is 186 g/mol. The van der Waals surface area contributed by atoms with Crippen molar-refractivity contribution < 1.29 is 19.4 Å². The number of aliphatic hydroxyl groups excluding tert-OH is 1. The Labute approximate surface area is 74.0 Å². The second-order valence-corrected chi connectivity index (χ2v) is 2.57. The lowest BCUT2D eigenvalue weighted by molar-refractivity contribution is -0.145. The Balaban J connectivity index is 2.63. The number of carboxylic acids is 1. The van der Waals surface area contributed by atoms with Crippen molar-refractivity contribution in [1.29, 1.82) is 0 Å². The number of nitrogens with two attached hydrogens (primary N) is 1. The summed E-state index contributed by atoms with van der Waals surface area (Å²) < 4.78 is 4.82. The van der Waals surface area contributed by atoms with Gasteiger partial charge in [-0.1, -0.05) is 0 Å². The second kappa shape index (κ2) is 4.01. The standard InChI is InChI=1S/C7H10N2O4/c8-6(10)4(7(11)12)3-5-9-1-2-13-5/h1-2,4,6,10H,3,8H2,(H,11,12). The topological polar surface area (TPSA) is 110 Å². The summed E-state index contributed by atoms with van der Waals surface area (Å²) in [5, 5.41) is 17.5. The molecule has 0 aliphatic carbocycles. The molecule has 6 nitrogen and oxygen atoms in total. The van der Waals surface area contributed by atoms with Crippen molar-refractivity contribution in [3.8, 4) is 0 Å². The molecule has 0 aliphatic heterocycles. The van der Waals surface area contributed by atoms with Gasteiger partial charge >= 0.3 is 5.97 Å². The van der Waals surface area contributed by atoms with Gasteiger partial charge in [0.25, 0.3) is 0 Å². The molecular formula is C7H10N2O4. The van der Waals surface area contributed by atoms with Gasteiger partial charge in [-0.15, -0.1) is 0 Å². The molecule has 2 unspecified atom stereocenters. The van der Waals surface area contributed by atoms with E-state index in [4.69, 9.17) is 20.4 Å². The van der Waals surface area contributed by atoms with E-state index < -0.39 is 18.1 Å². The molecule has 72 valence electrons. The SMILES string of the molecule is NC(O)C(Cc1ncco1)C(=O)O. The lowest BCUT2D eigenvalue weighted by atomic mass is 10.0. The number of aliphatic hydroxyl groups is 1. The Bertz CT molecular complexity index is 270. The van der Waals surface area contributed by atoms with Crippen LogP contribution in [0.15, 0.2) is 16.9 Å². The third kappa shape index (κ3) is 2.53. The molecule has 1 aromatic heterocycles. The fourth-order valence-corrected chi connectivity index (χ4v) is 0.896. The van der Waals surface area contributed by atoms with Crippen LogP contribution in [0.25, 0.3) is 0 Å². The van der Waals surface area contributed by atoms with Crippen molar-refractivity contribution in [2.75, 3.05) is 0 Å². The smallest absolute Gasteiger partial charge is 0.311 e. The van der Waals surface area contributed by atoms with Crippen molar-refractivity contribution in [1.82, 2.24) is 4.98 Å². The van der Waals surface area contributed by atoms with Crippen molar-refractivity contribution in [3.05, 3.63) is 18.4 Å². The Hall–Kier alpha value is -1.40. The highest BCUT2D eigenvalue weighted by atomic mass is 16.4. The molecule has 0 amide bonds. The lowest BCUT2D eigenvalue weighted by Crippen LogP contribution is -2.36. The Morgan fingerprint density at radius 3 is 2.85 bits per heavy atom. The molecule has 6 heteroatoms. The van der Waals surface area contributed by atoms with Crippen molar-refractivity contribution in [2.45, 2.75) is 12.6 Å².